The Hall–Kier alpha value is -1.42. The van der Waals surface area contributed by atoms with Crippen LogP contribution in [0.3, 0.4) is 0 Å². The minimum Gasteiger partial charge on any atom is -0.310 e. The van der Waals surface area contributed by atoms with Gasteiger partial charge < -0.3 is 4.98 Å². The number of H-pyrrole nitrogens is 1. The van der Waals surface area contributed by atoms with Gasteiger partial charge in [0.05, 0.1) is 10.6 Å². The van der Waals surface area contributed by atoms with Crippen LogP contribution in [0.2, 0.25) is 0 Å². The number of thiophene rings is 1. The first kappa shape index (κ1) is 9.78. The molecule has 0 bridgehead atoms. The van der Waals surface area contributed by atoms with Crippen LogP contribution < -0.4 is 5.56 Å². The SMILES string of the molecule is Cc1c(-c2cccs2)nc(C2CC2)[nH]c1=O. The normalized spacial score (nSPS) is 15.3. The Kier molecular flexibility index (Phi) is 2.17. The van der Waals surface area contributed by atoms with E-state index in [1.165, 1.54) is 0 Å². The molecule has 82 valence electrons. The van der Waals surface area contributed by atoms with E-state index >= 15 is 0 Å². The summed E-state index contributed by atoms with van der Waals surface area (Å²) in [6.45, 7) is 1.83. The Labute approximate surface area is 97.2 Å². The molecule has 3 rings (SSSR count). The maximum atomic E-state index is 11.8. The average Bonchev–Trinajstić information content (AvgIpc) is 2.98. The van der Waals surface area contributed by atoms with Crippen molar-refractivity contribution in [1.82, 2.24) is 9.97 Å². The highest BCUT2D eigenvalue weighted by Crippen LogP contribution is 2.38. The molecule has 0 aliphatic heterocycles. The number of nitrogens with one attached hydrogen (secondary N) is 1. The molecule has 0 spiro atoms. The maximum Gasteiger partial charge on any atom is 0.254 e. The molecule has 4 heteroatoms. The van der Waals surface area contributed by atoms with E-state index in [1.807, 2.05) is 24.4 Å². The molecule has 0 saturated heterocycles. The molecule has 2 heterocycles. The molecular weight excluding hydrogens is 220 g/mol. The molecule has 2 aromatic heterocycles. The molecule has 16 heavy (non-hydrogen) atoms. The summed E-state index contributed by atoms with van der Waals surface area (Å²) in [7, 11) is 0. The summed E-state index contributed by atoms with van der Waals surface area (Å²) in [5.41, 5.74) is 1.56. The van der Waals surface area contributed by atoms with Crippen LogP contribution in [0.25, 0.3) is 10.6 Å². The van der Waals surface area contributed by atoms with Gasteiger partial charge in [-0.15, -0.1) is 11.3 Å². The topological polar surface area (TPSA) is 45.8 Å². The molecule has 0 atom stereocenters. The van der Waals surface area contributed by atoms with Crippen molar-refractivity contribution < 1.29 is 0 Å². The van der Waals surface area contributed by atoms with Crippen LogP contribution in [0.5, 0.6) is 0 Å². The first-order chi connectivity index (χ1) is 7.75. The van der Waals surface area contributed by atoms with Crippen molar-refractivity contribution in [3.8, 4) is 10.6 Å². The van der Waals surface area contributed by atoms with Crippen LogP contribution in [-0.4, -0.2) is 9.97 Å². The molecule has 1 saturated carbocycles. The first-order valence-electron chi connectivity index (χ1n) is 5.40. The molecule has 0 aromatic carbocycles. The predicted molar refractivity (Wildman–Crippen MR) is 64.9 cm³/mol. The Balaban J connectivity index is 2.19. The van der Waals surface area contributed by atoms with E-state index in [0.717, 1.165) is 29.2 Å². The minimum absolute atomic E-state index is 0.000278. The molecule has 1 aliphatic carbocycles. The van der Waals surface area contributed by atoms with Crippen LogP contribution in [0.4, 0.5) is 0 Å². The summed E-state index contributed by atoms with van der Waals surface area (Å²) in [6.07, 6.45) is 2.30. The van der Waals surface area contributed by atoms with Crippen LogP contribution in [-0.2, 0) is 0 Å². The largest absolute Gasteiger partial charge is 0.310 e. The second kappa shape index (κ2) is 3.56. The molecule has 1 N–H and O–H groups in total. The monoisotopic (exact) mass is 232 g/mol. The first-order valence-corrected chi connectivity index (χ1v) is 6.28. The fraction of sp³-hybridized carbons (Fsp3) is 0.333. The molecule has 0 amide bonds. The van der Waals surface area contributed by atoms with Gasteiger partial charge >= 0.3 is 0 Å². The predicted octanol–water partition coefficient (Wildman–Crippen LogP) is 2.68. The molecule has 0 unspecified atom stereocenters. The third kappa shape index (κ3) is 1.59. The third-order valence-corrected chi connectivity index (χ3v) is 3.76. The zero-order valence-corrected chi connectivity index (χ0v) is 9.80. The third-order valence-electron chi connectivity index (χ3n) is 2.89. The second-order valence-corrected chi connectivity index (χ2v) is 5.12. The van der Waals surface area contributed by atoms with Crippen molar-refractivity contribution in [2.24, 2.45) is 0 Å². The van der Waals surface area contributed by atoms with Crippen molar-refractivity contribution in [2.75, 3.05) is 0 Å². The lowest BCUT2D eigenvalue weighted by atomic mass is 10.2. The molecule has 3 nitrogen and oxygen atoms in total. The summed E-state index contributed by atoms with van der Waals surface area (Å²) in [4.78, 5) is 20.3. The van der Waals surface area contributed by atoms with E-state index in [4.69, 9.17) is 0 Å². The van der Waals surface area contributed by atoms with E-state index in [0.29, 0.717) is 11.5 Å². The van der Waals surface area contributed by atoms with Crippen molar-refractivity contribution in [1.29, 1.82) is 0 Å². The molecule has 2 aromatic rings. The van der Waals surface area contributed by atoms with E-state index in [1.54, 1.807) is 11.3 Å². The lowest BCUT2D eigenvalue weighted by Gasteiger charge is -2.04. The van der Waals surface area contributed by atoms with E-state index < -0.39 is 0 Å². The highest BCUT2D eigenvalue weighted by molar-refractivity contribution is 7.13. The highest BCUT2D eigenvalue weighted by Gasteiger charge is 2.27. The van der Waals surface area contributed by atoms with Gasteiger partial charge in [0, 0.05) is 11.5 Å². The van der Waals surface area contributed by atoms with Crippen molar-refractivity contribution >= 4 is 11.3 Å². The average molecular weight is 232 g/mol. The van der Waals surface area contributed by atoms with Gasteiger partial charge in [-0.3, -0.25) is 4.79 Å². The smallest absolute Gasteiger partial charge is 0.254 e. The fourth-order valence-corrected chi connectivity index (χ4v) is 2.52. The Morgan fingerprint density at radius 3 is 2.94 bits per heavy atom. The number of aromatic nitrogens is 2. The molecule has 1 aliphatic rings. The van der Waals surface area contributed by atoms with Gasteiger partial charge in [0.25, 0.3) is 5.56 Å². The standard InChI is InChI=1S/C12H12N2OS/c1-7-10(9-3-2-6-16-9)13-11(8-4-5-8)14-12(7)15/h2-3,6,8H,4-5H2,1H3,(H,13,14,15). The van der Waals surface area contributed by atoms with E-state index in [-0.39, 0.29) is 5.56 Å². The molecule has 1 fully saturated rings. The van der Waals surface area contributed by atoms with Gasteiger partial charge in [-0.2, -0.15) is 0 Å². The minimum atomic E-state index is 0.000278. The van der Waals surface area contributed by atoms with Crippen LogP contribution in [0.1, 0.15) is 30.1 Å². The van der Waals surface area contributed by atoms with Gasteiger partial charge in [-0.05, 0) is 31.2 Å². The Morgan fingerprint density at radius 1 is 1.50 bits per heavy atom. The van der Waals surface area contributed by atoms with E-state index in [9.17, 15) is 4.79 Å². The van der Waals surface area contributed by atoms with Gasteiger partial charge in [0.1, 0.15) is 5.82 Å². The second-order valence-electron chi connectivity index (χ2n) is 4.18. The van der Waals surface area contributed by atoms with Crippen LogP contribution >= 0.6 is 11.3 Å². The molecule has 0 radical (unpaired) electrons. The summed E-state index contributed by atoms with van der Waals surface area (Å²) < 4.78 is 0. The van der Waals surface area contributed by atoms with Gasteiger partial charge in [-0.1, -0.05) is 6.07 Å². The van der Waals surface area contributed by atoms with Crippen molar-refractivity contribution in [3.63, 3.8) is 0 Å². The van der Waals surface area contributed by atoms with E-state index in [2.05, 4.69) is 9.97 Å². The van der Waals surface area contributed by atoms with Crippen molar-refractivity contribution in [2.45, 2.75) is 25.7 Å². The van der Waals surface area contributed by atoms with Crippen molar-refractivity contribution in [3.05, 3.63) is 39.3 Å². The lowest BCUT2D eigenvalue weighted by molar-refractivity contribution is 0.902. The summed E-state index contributed by atoms with van der Waals surface area (Å²) in [5.74, 6) is 1.34. The zero-order valence-electron chi connectivity index (χ0n) is 8.99. The van der Waals surface area contributed by atoms with Gasteiger partial charge in [0.15, 0.2) is 0 Å². The number of hydrogen-bond acceptors (Lipinski definition) is 3. The number of aromatic amines is 1. The number of nitrogens with zero attached hydrogens (tertiary/aromatic N) is 1. The van der Waals surface area contributed by atoms with Gasteiger partial charge in [-0.25, -0.2) is 4.98 Å². The number of hydrogen-bond donors (Lipinski definition) is 1. The quantitative estimate of drug-likeness (QED) is 0.865. The summed E-state index contributed by atoms with van der Waals surface area (Å²) in [6, 6.07) is 4.00. The maximum absolute atomic E-state index is 11.8. The Bertz CT molecular complexity index is 567. The fourth-order valence-electron chi connectivity index (χ4n) is 1.75. The van der Waals surface area contributed by atoms with Gasteiger partial charge in [0.2, 0.25) is 0 Å². The molecular formula is C12H12N2OS. The number of rotatable bonds is 2. The Morgan fingerprint density at radius 2 is 2.31 bits per heavy atom. The summed E-state index contributed by atoms with van der Waals surface area (Å²) in [5, 5.41) is 2.01. The lowest BCUT2D eigenvalue weighted by Crippen LogP contribution is -2.15. The van der Waals surface area contributed by atoms with Crippen LogP contribution in [0.15, 0.2) is 22.3 Å². The highest BCUT2D eigenvalue weighted by atomic mass is 32.1. The summed E-state index contributed by atoms with van der Waals surface area (Å²) >= 11 is 1.62. The zero-order chi connectivity index (χ0) is 11.1. The van der Waals surface area contributed by atoms with Crippen LogP contribution in [0, 0.1) is 6.92 Å².